The number of Topliss-reactive ketones (excluding diaryl/α,β-unsaturated/α-hetero) is 1. The molecule has 1 heterocycles. The van der Waals surface area contributed by atoms with Gasteiger partial charge in [-0.3, -0.25) is 19.8 Å². The summed E-state index contributed by atoms with van der Waals surface area (Å²) in [7, 11) is 0. The number of aryl methyl sites for hydroxylation is 2. The number of hydrogen-bond donors (Lipinski definition) is 2. The van der Waals surface area contributed by atoms with E-state index >= 15 is 0 Å². The number of hydrogen-bond acceptors (Lipinski definition) is 6. The van der Waals surface area contributed by atoms with Crippen molar-refractivity contribution >= 4 is 23.3 Å². The molecule has 1 aliphatic carbocycles. The molecular formula is C27H32N2O5. The molecule has 180 valence electrons. The normalized spacial score (nSPS) is 20.2. The molecular weight excluding hydrogens is 432 g/mol. The Labute approximate surface area is 200 Å². The highest BCUT2D eigenvalue weighted by Gasteiger charge is 2.52. The molecule has 0 bridgehead atoms. The Bertz CT molecular complexity index is 1030. The van der Waals surface area contributed by atoms with Crippen molar-refractivity contribution in [2.45, 2.75) is 64.3 Å². The summed E-state index contributed by atoms with van der Waals surface area (Å²) in [6.45, 7) is 4.58. The first-order chi connectivity index (χ1) is 16.4. The van der Waals surface area contributed by atoms with Gasteiger partial charge in [0.25, 0.3) is 0 Å². The van der Waals surface area contributed by atoms with Crippen LogP contribution in [0.1, 0.15) is 55.2 Å². The van der Waals surface area contributed by atoms with Gasteiger partial charge in [-0.1, -0.05) is 31.0 Å². The van der Waals surface area contributed by atoms with Gasteiger partial charge in [-0.05, 0) is 87.0 Å². The minimum Gasteiger partial charge on any atom is -0.326 e. The smallest absolute Gasteiger partial charge is 0.326 e. The van der Waals surface area contributed by atoms with Crippen LogP contribution in [0.15, 0.2) is 42.5 Å². The first-order valence-electron chi connectivity index (χ1n) is 12.0. The molecule has 0 spiro atoms. The second kappa shape index (κ2) is 10.4. The van der Waals surface area contributed by atoms with Gasteiger partial charge in [0.2, 0.25) is 5.91 Å². The SMILES string of the molecule is Cc1cc(C)cc(NC(=O)Cc2ccc(OOC(=O)[C@]3(C(=O)C4CCCC4)CCCN3)cc2)c1. The Morgan fingerprint density at radius 1 is 1.00 bits per heavy atom. The van der Waals surface area contributed by atoms with Gasteiger partial charge in [0.05, 0.1) is 6.42 Å². The standard InChI is InChI=1S/C27H32N2O5/c1-18-14-19(2)16-22(15-18)29-24(30)17-20-8-10-23(11-9-20)33-34-26(32)27(12-5-13-28-27)25(31)21-6-3-4-7-21/h8-11,14-16,21,28H,3-7,12-13,17H2,1-2H3,(H,29,30)/t27-/m1/s1. The van der Waals surface area contributed by atoms with Crippen molar-refractivity contribution in [1.82, 2.24) is 5.32 Å². The van der Waals surface area contributed by atoms with Crippen molar-refractivity contribution in [3.8, 4) is 5.75 Å². The van der Waals surface area contributed by atoms with Crippen LogP contribution in [0.5, 0.6) is 5.75 Å². The van der Waals surface area contributed by atoms with E-state index in [0.29, 0.717) is 18.7 Å². The van der Waals surface area contributed by atoms with Crippen molar-refractivity contribution < 1.29 is 24.2 Å². The zero-order valence-electron chi connectivity index (χ0n) is 19.8. The summed E-state index contributed by atoms with van der Waals surface area (Å²) in [6.07, 6.45) is 5.07. The third-order valence-corrected chi connectivity index (χ3v) is 6.66. The van der Waals surface area contributed by atoms with Gasteiger partial charge in [0.1, 0.15) is 0 Å². The Morgan fingerprint density at radius 3 is 2.29 bits per heavy atom. The van der Waals surface area contributed by atoms with Crippen LogP contribution in [-0.2, 0) is 25.7 Å². The molecule has 0 aromatic heterocycles. The molecule has 1 saturated heterocycles. The monoisotopic (exact) mass is 464 g/mol. The van der Waals surface area contributed by atoms with Crippen LogP contribution in [0.25, 0.3) is 0 Å². The summed E-state index contributed by atoms with van der Waals surface area (Å²) < 4.78 is 0. The highest BCUT2D eigenvalue weighted by atomic mass is 17.2. The lowest BCUT2D eigenvalue weighted by atomic mass is 9.83. The van der Waals surface area contributed by atoms with Crippen molar-refractivity contribution in [3.05, 3.63) is 59.2 Å². The second-order valence-electron chi connectivity index (χ2n) is 9.48. The predicted octanol–water partition coefficient (Wildman–Crippen LogP) is 4.20. The van der Waals surface area contributed by atoms with Crippen LogP contribution in [-0.4, -0.2) is 29.7 Å². The number of benzene rings is 2. The van der Waals surface area contributed by atoms with E-state index in [1.54, 1.807) is 24.3 Å². The summed E-state index contributed by atoms with van der Waals surface area (Å²) in [5.74, 6) is -0.634. The minimum absolute atomic E-state index is 0.0683. The summed E-state index contributed by atoms with van der Waals surface area (Å²) >= 11 is 0. The van der Waals surface area contributed by atoms with Gasteiger partial charge in [0.15, 0.2) is 17.1 Å². The lowest BCUT2D eigenvalue weighted by Gasteiger charge is -2.27. The van der Waals surface area contributed by atoms with E-state index < -0.39 is 11.5 Å². The van der Waals surface area contributed by atoms with Crippen LogP contribution in [0, 0.1) is 19.8 Å². The van der Waals surface area contributed by atoms with E-state index in [-0.39, 0.29) is 24.0 Å². The van der Waals surface area contributed by atoms with Gasteiger partial charge >= 0.3 is 5.97 Å². The first kappa shape index (κ1) is 24.0. The van der Waals surface area contributed by atoms with Crippen LogP contribution < -0.4 is 15.5 Å². The van der Waals surface area contributed by atoms with Gasteiger partial charge in [-0.15, -0.1) is 0 Å². The maximum Gasteiger partial charge on any atom is 0.382 e. The number of ketones is 1. The summed E-state index contributed by atoms with van der Waals surface area (Å²) in [6, 6.07) is 12.7. The molecule has 7 heteroatoms. The molecule has 1 atom stereocenters. The maximum absolute atomic E-state index is 13.1. The van der Waals surface area contributed by atoms with Gasteiger partial charge in [-0.25, -0.2) is 9.68 Å². The lowest BCUT2D eigenvalue weighted by Crippen LogP contribution is -2.57. The molecule has 1 aliphatic heterocycles. The summed E-state index contributed by atoms with van der Waals surface area (Å²) in [4.78, 5) is 48.8. The molecule has 2 aliphatic rings. The number of amides is 1. The fourth-order valence-electron chi connectivity index (χ4n) is 5.02. The highest BCUT2D eigenvalue weighted by molar-refractivity contribution is 6.09. The summed E-state index contributed by atoms with van der Waals surface area (Å²) in [5, 5.41) is 6.01. The topological polar surface area (TPSA) is 93.7 Å². The van der Waals surface area contributed by atoms with Crippen molar-refractivity contribution in [2.75, 3.05) is 11.9 Å². The Balaban J connectivity index is 1.32. The maximum atomic E-state index is 13.1. The predicted molar refractivity (Wildman–Crippen MR) is 128 cm³/mol. The van der Waals surface area contributed by atoms with E-state index in [1.807, 2.05) is 26.0 Å². The van der Waals surface area contributed by atoms with Crippen molar-refractivity contribution in [3.63, 3.8) is 0 Å². The fourth-order valence-corrected chi connectivity index (χ4v) is 5.02. The Hall–Kier alpha value is -3.19. The molecule has 2 fully saturated rings. The number of nitrogens with one attached hydrogen (secondary N) is 2. The molecule has 1 saturated carbocycles. The Kier molecular flexibility index (Phi) is 7.32. The number of carbonyl (C=O) groups excluding carboxylic acids is 3. The molecule has 7 nitrogen and oxygen atoms in total. The van der Waals surface area contributed by atoms with Gasteiger partial charge in [-0.2, -0.15) is 0 Å². The number of rotatable bonds is 8. The van der Waals surface area contributed by atoms with Crippen molar-refractivity contribution in [1.29, 1.82) is 0 Å². The van der Waals surface area contributed by atoms with Crippen LogP contribution in [0.3, 0.4) is 0 Å². The third kappa shape index (κ3) is 5.47. The van der Waals surface area contributed by atoms with Crippen molar-refractivity contribution in [2.24, 2.45) is 5.92 Å². The van der Waals surface area contributed by atoms with E-state index in [1.165, 1.54) is 0 Å². The zero-order valence-corrected chi connectivity index (χ0v) is 19.8. The molecule has 4 rings (SSSR count). The van der Waals surface area contributed by atoms with Gasteiger partial charge < -0.3 is 5.32 Å². The van der Waals surface area contributed by atoms with E-state index in [2.05, 4.69) is 16.7 Å². The first-order valence-corrected chi connectivity index (χ1v) is 12.0. The van der Waals surface area contributed by atoms with E-state index in [9.17, 15) is 14.4 Å². The summed E-state index contributed by atoms with van der Waals surface area (Å²) in [5.41, 5.74) is 2.44. The van der Waals surface area contributed by atoms with Gasteiger partial charge in [0, 0.05) is 11.6 Å². The minimum atomic E-state index is -1.30. The zero-order chi connectivity index (χ0) is 24.1. The van der Waals surface area contributed by atoms with Crippen LogP contribution in [0.2, 0.25) is 0 Å². The number of carbonyl (C=O) groups is 3. The molecule has 0 radical (unpaired) electrons. The Morgan fingerprint density at radius 2 is 1.68 bits per heavy atom. The lowest BCUT2D eigenvalue weighted by molar-refractivity contribution is -0.221. The number of anilines is 1. The molecule has 0 unspecified atom stereocenters. The van der Waals surface area contributed by atoms with E-state index in [4.69, 9.17) is 9.78 Å². The largest absolute Gasteiger partial charge is 0.382 e. The quantitative estimate of drug-likeness (QED) is 0.345. The van der Waals surface area contributed by atoms with Crippen LogP contribution in [0.4, 0.5) is 5.69 Å². The molecule has 2 aromatic carbocycles. The average Bonchev–Trinajstić information content (AvgIpc) is 3.50. The second-order valence-corrected chi connectivity index (χ2v) is 9.48. The molecule has 34 heavy (non-hydrogen) atoms. The van der Waals surface area contributed by atoms with Crippen LogP contribution >= 0.6 is 0 Å². The molecule has 1 amide bonds. The molecule has 2 aromatic rings. The van der Waals surface area contributed by atoms with E-state index in [0.717, 1.165) is 54.5 Å². The fraction of sp³-hybridized carbons (Fsp3) is 0.444. The average molecular weight is 465 g/mol. The highest BCUT2D eigenvalue weighted by Crippen LogP contribution is 2.33. The molecule has 2 N–H and O–H groups in total. The third-order valence-electron chi connectivity index (χ3n) is 6.66.